The zero-order chi connectivity index (χ0) is 13.8. The van der Waals surface area contributed by atoms with E-state index in [1.54, 1.807) is 12.1 Å². The second kappa shape index (κ2) is 5.51. The highest BCUT2D eigenvalue weighted by atomic mass is 16.5. The van der Waals surface area contributed by atoms with Gasteiger partial charge in [0.1, 0.15) is 5.75 Å². The molecule has 100 valence electrons. The number of nitrogens with one attached hydrogen (secondary N) is 1. The molecule has 19 heavy (non-hydrogen) atoms. The fourth-order valence-electron chi connectivity index (χ4n) is 1.71. The number of nitrogens with zero attached hydrogens (tertiary/aromatic N) is 2. The Bertz CT molecular complexity index is 561. The van der Waals surface area contributed by atoms with E-state index >= 15 is 0 Å². The number of carbonyl (C=O) groups is 1. The average Bonchev–Trinajstić information content (AvgIpc) is 2.79. The number of aromatic carboxylic acids is 1. The van der Waals surface area contributed by atoms with Crippen molar-refractivity contribution in [1.82, 2.24) is 15.4 Å². The number of hydrogen-bond donors (Lipinski definition) is 2. The summed E-state index contributed by atoms with van der Waals surface area (Å²) in [7, 11) is 0. The zero-order valence-electron chi connectivity index (χ0n) is 10.8. The summed E-state index contributed by atoms with van der Waals surface area (Å²) in [5.41, 5.74) is 1.05. The Morgan fingerprint density at radius 1 is 1.37 bits per heavy atom. The number of H-pyrrole nitrogens is 1. The Hall–Kier alpha value is -2.37. The second-order valence-electron chi connectivity index (χ2n) is 4.64. The van der Waals surface area contributed by atoms with Crippen LogP contribution >= 0.6 is 0 Å². The van der Waals surface area contributed by atoms with Gasteiger partial charge in [-0.15, -0.1) is 0 Å². The second-order valence-corrected chi connectivity index (χ2v) is 4.64. The fourth-order valence-corrected chi connectivity index (χ4v) is 1.71. The Balaban J connectivity index is 2.11. The molecule has 0 aliphatic carbocycles. The van der Waals surface area contributed by atoms with Crippen molar-refractivity contribution in [3.63, 3.8) is 0 Å². The van der Waals surface area contributed by atoms with E-state index in [0.29, 0.717) is 11.7 Å². The summed E-state index contributed by atoms with van der Waals surface area (Å²) in [6.45, 7) is 4.30. The lowest BCUT2D eigenvalue weighted by atomic mass is 10.0. The summed E-state index contributed by atoms with van der Waals surface area (Å²) in [4.78, 5) is 10.9. The molecule has 0 aliphatic rings. The van der Waals surface area contributed by atoms with Crippen molar-refractivity contribution in [3.05, 3.63) is 35.5 Å². The Kier molecular flexibility index (Phi) is 3.79. The van der Waals surface area contributed by atoms with Gasteiger partial charge in [0, 0.05) is 0 Å². The molecule has 6 nitrogen and oxygen atoms in total. The molecule has 0 spiro atoms. The smallest absolute Gasteiger partial charge is 0.359 e. The van der Waals surface area contributed by atoms with E-state index in [9.17, 15) is 4.79 Å². The number of aromatic amines is 1. The molecule has 2 N–H and O–H groups in total. The lowest BCUT2D eigenvalue weighted by molar-refractivity contribution is 0.0687. The first-order valence-corrected chi connectivity index (χ1v) is 5.97. The maximum absolute atomic E-state index is 10.9. The number of carboxylic acid groups (broad SMARTS) is 1. The molecule has 0 saturated heterocycles. The minimum absolute atomic E-state index is 0.0379. The average molecular weight is 261 g/mol. The van der Waals surface area contributed by atoms with Gasteiger partial charge in [-0.1, -0.05) is 36.3 Å². The fraction of sp³-hybridized carbons (Fsp3) is 0.308. The molecule has 2 rings (SSSR count). The standard InChI is InChI=1S/C13H15N3O3/c1-8(2)7-9-3-5-10(6-4-9)19-12-11(13(17)18)14-16-15-12/h3-6,8H,7H2,1-2H3,(H,17,18)(H,14,15,16). The lowest BCUT2D eigenvalue weighted by Crippen LogP contribution is -2.00. The van der Waals surface area contributed by atoms with E-state index < -0.39 is 5.97 Å². The Morgan fingerprint density at radius 3 is 2.63 bits per heavy atom. The van der Waals surface area contributed by atoms with E-state index in [4.69, 9.17) is 9.84 Å². The summed E-state index contributed by atoms with van der Waals surface area (Å²) in [6.07, 6.45) is 0.991. The maximum atomic E-state index is 10.9. The topological polar surface area (TPSA) is 88.1 Å². The number of ether oxygens (including phenoxy) is 1. The van der Waals surface area contributed by atoms with Gasteiger partial charge in [-0.25, -0.2) is 9.89 Å². The summed E-state index contributed by atoms with van der Waals surface area (Å²) in [6, 6.07) is 7.49. The van der Waals surface area contributed by atoms with Gasteiger partial charge in [0.15, 0.2) is 0 Å². The minimum Gasteiger partial charge on any atom is -0.476 e. The molecule has 0 radical (unpaired) electrons. The molecule has 0 amide bonds. The van der Waals surface area contributed by atoms with Crippen LogP contribution in [0, 0.1) is 5.92 Å². The highest BCUT2D eigenvalue weighted by molar-refractivity contribution is 5.87. The van der Waals surface area contributed by atoms with Crippen LogP contribution in [0.15, 0.2) is 24.3 Å². The molecule has 6 heteroatoms. The van der Waals surface area contributed by atoms with Crippen molar-refractivity contribution in [2.75, 3.05) is 0 Å². The van der Waals surface area contributed by atoms with Gasteiger partial charge >= 0.3 is 5.97 Å². The first-order chi connectivity index (χ1) is 9.06. The largest absolute Gasteiger partial charge is 0.476 e. The minimum atomic E-state index is -1.16. The van der Waals surface area contributed by atoms with Gasteiger partial charge in [-0.05, 0) is 30.0 Å². The molecule has 0 fully saturated rings. The molecule has 2 aromatic rings. The van der Waals surface area contributed by atoms with Gasteiger partial charge in [-0.3, -0.25) is 0 Å². The summed E-state index contributed by atoms with van der Waals surface area (Å²) < 4.78 is 5.39. The zero-order valence-corrected chi connectivity index (χ0v) is 10.8. The van der Waals surface area contributed by atoms with Gasteiger partial charge in [-0.2, -0.15) is 0 Å². The van der Waals surface area contributed by atoms with E-state index in [1.165, 1.54) is 5.56 Å². The molecule has 1 aromatic carbocycles. The molecule has 0 unspecified atom stereocenters. The van der Waals surface area contributed by atoms with Crippen LogP contribution in [-0.2, 0) is 6.42 Å². The quantitative estimate of drug-likeness (QED) is 0.863. The van der Waals surface area contributed by atoms with Crippen molar-refractivity contribution in [3.8, 4) is 11.6 Å². The van der Waals surface area contributed by atoms with Crippen LogP contribution < -0.4 is 4.74 Å². The first-order valence-electron chi connectivity index (χ1n) is 5.97. The van der Waals surface area contributed by atoms with Crippen LogP contribution in [0.3, 0.4) is 0 Å². The van der Waals surface area contributed by atoms with Crippen molar-refractivity contribution < 1.29 is 14.6 Å². The predicted octanol–water partition coefficient (Wildman–Crippen LogP) is 2.49. The summed E-state index contributed by atoms with van der Waals surface area (Å²) in [5, 5.41) is 18.2. The van der Waals surface area contributed by atoms with Gasteiger partial charge in [0.2, 0.25) is 5.69 Å². The highest BCUT2D eigenvalue weighted by Crippen LogP contribution is 2.22. The third-order valence-corrected chi connectivity index (χ3v) is 2.51. The summed E-state index contributed by atoms with van der Waals surface area (Å²) >= 11 is 0. The molecule has 0 aliphatic heterocycles. The van der Waals surface area contributed by atoms with E-state index in [2.05, 4.69) is 29.3 Å². The third kappa shape index (κ3) is 3.31. The van der Waals surface area contributed by atoms with Crippen LogP contribution in [0.4, 0.5) is 0 Å². The van der Waals surface area contributed by atoms with Crippen molar-refractivity contribution in [2.45, 2.75) is 20.3 Å². The Morgan fingerprint density at radius 2 is 2.05 bits per heavy atom. The van der Waals surface area contributed by atoms with Crippen molar-refractivity contribution in [2.24, 2.45) is 5.92 Å². The lowest BCUT2D eigenvalue weighted by Gasteiger charge is -2.06. The molecule has 0 atom stereocenters. The summed E-state index contributed by atoms with van der Waals surface area (Å²) in [5.74, 6) is -0.0784. The number of hydrogen-bond acceptors (Lipinski definition) is 4. The highest BCUT2D eigenvalue weighted by Gasteiger charge is 2.16. The van der Waals surface area contributed by atoms with E-state index in [0.717, 1.165) is 6.42 Å². The molecule has 0 saturated carbocycles. The molecular weight excluding hydrogens is 246 g/mol. The number of rotatable bonds is 5. The van der Waals surface area contributed by atoms with Gasteiger partial charge in [0.25, 0.3) is 5.88 Å². The molecule has 1 heterocycles. The number of aromatic nitrogens is 3. The van der Waals surface area contributed by atoms with Crippen LogP contribution in [0.5, 0.6) is 11.6 Å². The van der Waals surface area contributed by atoms with Gasteiger partial charge < -0.3 is 9.84 Å². The SMILES string of the molecule is CC(C)Cc1ccc(Oc2nn[nH]c2C(=O)O)cc1. The van der Waals surface area contributed by atoms with Crippen LogP contribution in [0.1, 0.15) is 29.9 Å². The van der Waals surface area contributed by atoms with Crippen LogP contribution in [0.25, 0.3) is 0 Å². The predicted molar refractivity (Wildman–Crippen MR) is 68.4 cm³/mol. The number of carboxylic acids is 1. The monoisotopic (exact) mass is 261 g/mol. The van der Waals surface area contributed by atoms with Crippen LogP contribution in [0.2, 0.25) is 0 Å². The normalized spacial score (nSPS) is 10.7. The molecular formula is C13H15N3O3. The molecule has 0 bridgehead atoms. The van der Waals surface area contributed by atoms with Crippen LogP contribution in [-0.4, -0.2) is 26.5 Å². The van der Waals surface area contributed by atoms with Crippen molar-refractivity contribution in [1.29, 1.82) is 0 Å². The number of benzene rings is 1. The van der Waals surface area contributed by atoms with Crippen molar-refractivity contribution >= 4 is 5.97 Å². The van der Waals surface area contributed by atoms with Gasteiger partial charge in [0.05, 0.1) is 0 Å². The third-order valence-electron chi connectivity index (χ3n) is 2.51. The molecule has 1 aromatic heterocycles. The van der Waals surface area contributed by atoms with E-state index in [1.807, 2.05) is 12.1 Å². The maximum Gasteiger partial charge on any atom is 0.359 e. The van der Waals surface area contributed by atoms with E-state index in [-0.39, 0.29) is 11.6 Å². The first kappa shape index (κ1) is 13.1. The Labute approximate surface area is 110 Å².